The maximum atomic E-state index is 12.4. The zero-order chi connectivity index (χ0) is 21.1. The molecule has 0 aliphatic heterocycles. The van der Waals surface area contributed by atoms with Crippen LogP contribution in [0.5, 0.6) is 11.5 Å². The first-order valence-corrected chi connectivity index (χ1v) is 9.63. The number of hydrogen-bond donors (Lipinski definition) is 1. The van der Waals surface area contributed by atoms with Crippen molar-refractivity contribution in [1.29, 1.82) is 5.26 Å². The van der Waals surface area contributed by atoms with Crippen LogP contribution in [0.1, 0.15) is 36.7 Å². The van der Waals surface area contributed by atoms with Crippen molar-refractivity contribution in [3.63, 3.8) is 0 Å². The number of esters is 1. The molecule has 6 nitrogen and oxygen atoms in total. The van der Waals surface area contributed by atoms with E-state index >= 15 is 0 Å². The Balaban J connectivity index is 2.35. The molecule has 0 saturated heterocycles. The van der Waals surface area contributed by atoms with Gasteiger partial charge in [0, 0.05) is 23.9 Å². The van der Waals surface area contributed by atoms with E-state index in [2.05, 4.69) is 11.4 Å². The van der Waals surface area contributed by atoms with Crippen molar-refractivity contribution in [2.75, 3.05) is 25.1 Å². The summed E-state index contributed by atoms with van der Waals surface area (Å²) in [6.45, 7) is 6.45. The molecule has 6 heteroatoms. The van der Waals surface area contributed by atoms with Crippen LogP contribution < -0.4 is 14.8 Å². The quantitative estimate of drug-likeness (QED) is 0.464. The number of para-hydroxylation sites is 1. The Morgan fingerprint density at radius 1 is 1.03 bits per heavy atom. The number of carbonyl (C=O) groups excluding carboxylic acids is 1. The monoisotopic (exact) mass is 394 g/mol. The summed E-state index contributed by atoms with van der Waals surface area (Å²) in [5.74, 6) is 0.285. The Labute approximate surface area is 171 Å². The van der Waals surface area contributed by atoms with Crippen LogP contribution in [-0.2, 0) is 11.2 Å². The Bertz CT molecular complexity index is 858. The van der Waals surface area contributed by atoms with Gasteiger partial charge in [0.05, 0.1) is 25.9 Å². The summed E-state index contributed by atoms with van der Waals surface area (Å²) in [5.41, 5.74) is 2.49. The van der Waals surface area contributed by atoms with Gasteiger partial charge in [0.2, 0.25) is 0 Å². The van der Waals surface area contributed by atoms with Gasteiger partial charge in [0.1, 0.15) is 17.1 Å². The molecule has 0 fully saturated rings. The number of anilines is 1. The third-order valence-electron chi connectivity index (χ3n) is 3.93. The molecule has 1 N–H and O–H groups in total. The first-order valence-electron chi connectivity index (χ1n) is 9.63. The number of nitriles is 1. The largest absolute Gasteiger partial charge is 0.493 e. The molecule has 29 heavy (non-hydrogen) atoms. The SMILES string of the molecule is CCOC(=O)c1c(OCC)cc(CC(C#N)=CNc2ccccc2)cc1OCC. The van der Waals surface area contributed by atoms with Crippen LogP contribution >= 0.6 is 0 Å². The second-order valence-electron chi connectivity index (χ2n) is 6.02. The smallest absolute Gasteiger partial charge is 0.345 e. The van der Waals surface area contributed by atoms with Crippen molar-refractivity contribution in [3.8, 4) is 17.6 Å². The third kappa shape index (κ3) is 6.28. The molecule has 0 aliphatic carbocycles. The number of nitrogens with one attached hydrogen (secondary N) is 1. The fraction of sp³-hybridized carbons (Fsp3) is 0.304. The molecular formula is C23H26N2O4. The minimum Gasteiger partial charge on any atom is -0.493 e. The fourth-order valence-corrected chi connectivity index (χ4v) is 2.74. The summed E-state index contributed by atoms with van der Waals surface area (Å²) >= 11 is 0. The summed E-state index contributed by atoms with van der Waals surface area (Å²) in [6.07, 6.45) is 2.04. The molecular weight excluding hydrogens is 368 g/mol. The molecule has 0 heterocycles. The minimum atomic E-state index is -0.493. The maximum absolute atomic E-state index is 12.4. The second kappa shape index (κ2) is 11.4. The van der Waals surface area contributed by atoms with E-state index in [9.17, 15) is 10.1 Å². The molecule has 0 saturated carbocycles. The summed E-state index contributed by atoms with van der Waals surface area (Å²) < 4.78 is 16.5. The van der Waals surface area contributed by atoms with Crippen LogP contribution in [0, 0.1) is 11.3 Å². The molecule has 2 rings (SSSR count). The molecule has 2 aromatic rings. The van der Waals surface area contributed by atoms with Gasteiger partial charge in [-0.25, -0.2) is 4.79 Å². The second-order valence-corrected chi connectivity index (χ2v) is 6.02. The van der Waals surface area contributed by atoms with E-state index in [1.165, 1.54) is 0 Å². The van der Waals surface area contributed by atoms with Crippen molar-refractivity contribution in [3.05, 3.63) is 65.4 Å². The summed E-state index contributed by atoms with van der Waals surface area (Å²) in [7, 11) is 0. The first kappa shape index (κ1) is 21.8. The van der Waals surface area contributed by atoms with E-state index < -0.39 is 5.97 Å². The fourth-order valence-electron chi connectivity index (χ4n) is 2.74. The average molecular weight is 394 g/mol. The molecule has 0 spiro atoms. The van der Waals surface area contributed by atoms with Crippen LogP contribution in [-0.4, -0.2) is 25.8 Å². The zero-order valence-electron chi connectivity index (χ0n) is 17.0. The molecule has 152 valence electrons. The highest BCUT2D eigenvalue weighted by atomic mass is 16.5. The highest BCUT2D eigenvalue weighted by Crippen LogP contribution is 2.33. The molecule has 0 aromatic heterocycles. The van der Waals surface area contributed by atoms with Crippen LogP contribution in [0.2, 0.25) is 0 Å². The predicted molar refractivity (Wildman–Crippen MR) is 112 cm³/mol. The lowest BCUT2D eigenvalue weighted by Crippen LogP contribution is -2.11. The van der Waals surface area contributed by atoms with Gasteiger partial charge in [-0.15, -0.1) is 0 Å². The average Bonchev–Trinajstić information content (AvgIpc) is 2.72. The van der Waals surface area contributed by atoms with Gasteiger partial charge in [-0.3, -0.25) is 0 Å². The van der Waals surface area contributed by atoms with Gasteiger partial charge in [-0.05, 0) is 50.6 Å². The van der Waals surface area contributed by atoms with Gasteiger partial charge in [0.15, 0.2) is 0 Å². The van der Waals surface area contributed by atoms with Gasteiger partial charge >= 0.3 is 5.97 Å². The van der Waals surface area contributed by atoms with E-state index in [1.807, 2.05) is 44.2 Å². The number of hydrogen-bond acceptors (Lipinski definition) is 6. The Hall–Kier alpha value is -3.46. The van der Waals surface area contributed by atoms with Crippen molar-refractivity contribution in [2.24, 2.45) is 0 Å². The van der Waals surface area contributed by atoms with Crippen molar-refractivity contribution < 1.29 is 19.0 Å². The normalized spacial score (nSPS) is 10.8. The zero-order valence-corrected chi connectivity index (χ0v) is 17.0. The number of benzene rings is 2. The van der Waals surface area contributed by atoms with Crippen LogP contribution in [0.3, 0.4) is 0 Å². The Kier molecular flexibility index (Phi) is 8.58. The molecule has 0 aliphatic rings. The van der Waals surface area contributed by atoms with Gasteiger partial charge in [-0.1, -0.05) is 18.2 Å². The maximum Gasteiger partial charge on any atom is 0.345 e. The number of ether oxygens (including phenoxy) is 3. The highest BCUT2D eigenvalue weighted by molar-refractivity contribution is 5.96. The van der Waals surface area contributed by atoms with Crippen LogP contribution in [0.25, 0.3) is 0 Å². The van der Waals surface area contributed by atoms with E-state index in [1.54, 1.807) is 25.3 Å². The van der Waals surface area contributed by atoms with Gasteiger partial charge in [-0.2, -0.15) is 5.26 Å². The lowest BCUT2D eigenvalue weighted by atomic mass is 10.0. The standard InChI is InChI=1S/C23H26N2O4/c1-4-27-20-13-17(14-21(28-5-2)22(20)23(26)29-6-3)12-18(15-24)16-25-19-10-8-7-9-11-19/h7-11,13-14,16,25H,4-6,12H2,1-3H3. The predicted octanol–water partition coefficient (Wildman–Crippen LogP) is 4.72. The lowest BCUT2D eigenvalue weighted by molar-refractivity contribution is 0.0517. The summed E-state index contributed by atoms with van der Waals surface area (Å²) in [5, 5.41) is 12.6. The number of allylic oxidation sites excluding steroid dienone is 1. The highest BCUT2D eigenvalue weighted by Gasteiger charge is 2.22. The van der Waals surface area contributed by atoms with Crippen molar-refractivity contribution in [1.82, 2.24) is 0 Å². The first-order chi connectivity index (χ1) is 14.1. The number of carbonyl (C=O) groups is 1. The van der Waals surface area contributed by atoms with Gasteiger partial charge in [0.25, 0.3) is 0 Å². The van der Waals surface area contributed by atoms with E-state index in [0.717, 1.165) is 11.3 Å². The van der Waals surface area contributed by atoms with Gasteiger partial charge < -0.3 is 19.5 Å². The van der Waals surface area contributed by atoms with Crippen molar-refractivity contribution in [2.45, 2.75) is 27.2 Å². The van der Waals surface area contributed by atoms with Crippen LogP contribution in [0.4, 0.5) is 5.69 Å². The molecule has 2 aromatic carbocycles. The minimum absolute atomic E-state index is 0.254. The topological polar surface area (TPSA) is 80.6 Å². The van der Waals surface area contributed by atoms with E-state index in [0.29, 0.717) is 36.7 Å². The lowest BCUT2D eigenvalue weighted by Gasteiger charge is -2.16. The van der Waals surface area contributed by atoms with E-state index in [-0.39, 0.29) is 12.2 Å². The Morgan fingerprint density at radius 2 is 1.66 bits per heavy atom. The summed E-state index contributed by atoms with van der Waals surface area (Å²) in [4.78, 5) is 12.4. The summed E-state index contributed by atoms with van der Waals surface area (Å²) in [6, 6.07) is 15.3. The Morgan fingerprint density at radius 3 is 2.17 bits per heavy atom. The number of nitrogens with zero attached hydrogens (tertiary/aromatic N) is 1. The molecule has 0 unspecified atom stereocenters. The van der Waals surface area contributed by atoms with E-state index in [4.69, 9.17) is 14.2 Å². The number of rotatable bonds is 10. The van der Waals surface area contributed by atoms with Crippen LogP contribution in [0.15, 0.2) is 54.2 Å². The molecule has 0 bridgehead atoms. The molecule has 0 atom stereocenters. The third-order valence-corrected chi connectivity index (χ3v) is 3.93. The molecule has 0 radical (unpaired) electrons. The van der Waals surface area contributed by atoms with Crippen molar-refractivity contribution >= 4 is 11.7 Å². The molecule has 0 amide bonds.